The van der Waals surface area contributed by atoms with Crippen molar-refractivity contribution in [2.75, 3.05) is 11.9 Å². The van der Waals surface area contributed by atoms with Gasteiger partial charge in [0.2, 0.25) is 0 Å². The van der Waals surface area contributed by atoms with Crippen LogP contribution < -0.4 is 10.6 Å². The van der Waals surface area contributed by atoms with Gasteiger partial charge in [0.25, 0.3) is 5.91 Å². The Morgan fingerprint density at radius 3 is 2.95 bits per heavy atom. The van der Waals surface area contributed by atoms with Gasteiger partial charge in [-0.15, -0.1) is 0 Å². The largest absolute Gasteiger partial charge is 0.369 e. The first-order valence-corrected chi connectivity index (χ1v) is 6.24. The van der Waals surface area contributed by atoms with Crippen LogP contribution in [-0.4, -0.2) is 27.4 Å². The number of hydrogen-bond donors (Lipinski definition) is 3. The molecular formula is C12H14ClN5O. The van der Waals surface area contributed by atoms with Gasteiger partial charge in [0.15, 0.2) is 0 Å². The SMILES string of the molecule is CCNc1ncc(C(=O)NCc2ncc[nH]2)cc1Cl. The lowest BCUT2D eigenvalue weighted by Gasteiger charge is -2.07. The summed E-state index contributed by atoms with van der Waals surface area (Å²) in [6.07, 6.45) is 4.82. The number of aromatic amines is 1. The maximum absolute atomic E-state index is 11.9. The molecule has 1 amide bonds. The van der Waals surface area contributed by atoms with Crippen LogP contribution in [0.2, 0.25) is 5.02 Å². The zero-order valence-corrected chi connectivity index (χ0v) is 11.2. The quantitative estimate of drug-likeness (QED) is 0.780. The molecule has 0 aliphatic rings. The summed E-state index contributed by atoms with van der Waals surface area (Å²) in [6, 6.07) is 1.59. The van der Waals surface area contributed by atoms with Crippen molar-refractivity contribution in [2.24, 2.45) is 0 Å². The number of H-pyrrole nitrogens is 1. The molecule has 0 fully saturated rings. The molecule has 0 unspecified atom stereocenters. The minimum atomic E-state index is -0.242. The van der Waals surface area contributed by atoms with Crippen LogP contribution in [0.15, 0.2) is 24.7 Å². The van der Waals surface area contributed by atoms with Crippen LogP contribution in [0.25, 0.3) is 0 Å². The molecule has 7 heteroatoms. The highest BCUT2D eigenvalue weighted by atomic mass is 35.5. The Labute approximate surface area is 115 Å². The summed E-state index contributed by atoms with van der Waals surface area (Å²) in [4.78, 5) is 22.9. The third-order valence-corrected chi connectivity index (χ3v) is 2.71. The predicted octanol–water partition coefficient (Wildman–Crippen LogP) is 1.82. The molecule has 3 N–H and O–H groups in total. The van der Waals surface area contributed by atoms with E-state index in [1.807, 2.05) is 6.92 Å². The summed E-state index contributed by atoms with van der Waals surface area (Å²) in [7, 11) is 0. The van der Waals surface area contributed by atoms with E-state index in [1.54, 1.807) is 18.5 Å². The minimum absolute atomic E-state index is 0.242. The van der Waals surface area contributed by atoms with E-state index in [1.165, 1.54) is 6.20 Å². The highest BCUT2D eigenvalue weighted by molar-refractivity contribution is 6.33. The molecule has 2 aromatic rings. The number of carbonyl (C=O) groups is 1. The number of halogens is 1. The van der Waals surface area contributed by atoms with Crippen LogP contribution >= 0.6 is 11.6 Å². The molecule has 2 rings (SSSR count). The van der Waals surface area contributed by atoms with Crippen molar-refractivity contribution in [1.29, 1.82) is 0 Å². The lowest BCUT2D eigenvalue weighted by atomic mass is 10.2. The summed E-state index contributed by atoms with van der Waals surface area (Å²) in [5, 5.41) is 6.16. The highest BCUT2D eigenvalue weighted by Gasteiger charge is 2.09. The normalized spacial score (nSPS) is 10.2. The maximum atomic E-state index is 11.9. The van der Waals surface area contributed by atoms with Gasteiger partial charge in [0.05, 0.1) is 17.1 Å². The van der Waals surface area contributed by atoms with E-state index >= 15 is 0 Å². The van der Waals surface area contributed by atoms with Crippen LogP contribution in [0.5, 0.6) is 0 Å². The van der Waals surface area contributed by atoms with Crippen molar-refractivity contribution in [3.63, 3.8) is 0 Å². The van der Waals surface area contributed by atoms with Crippen molar-refractivity contribution in [3.8, 4) is 0 Å². The predicted molar refractivity (Wildman–Crippen MR) is 73.2 cm³/mol. The average Bonchev–Trinajstić information content (AvgIpc) is 2.91. The van der Waals surface area contributed by atoms with Gasteiger partial charge >= 0.3 is 0 Å². The Bertz CT molecular complexity index is 555. The van der Waals surface area contributed by atoms with E-state index < -0.39 is 0 Å². The van der Waals surface area contributed by atoms with Gasteiger partial charge in [-0.25, -0.2) is 9.97 Å². The topological polar surface area (TPSA) is 82.7 Å². The van der Waals surface area contributed by atoms with Crippen LogP contribution in [0.3, 0.4) is 0 Å². The summed E-state index contributed by atoms with van der Waals surface area (Å²) in [5.74, 6) is 1.03. The van der Waals surface area contributed by atoms with Gasteiger partial charge in [-0.05, 0) is 13.0 Å². The molecule has 0 aromatic carbocycles. The zero-order chi connectivity index (χ0) is 13.7. The number of imidazole rings is 1. The number of aromatic nitrogens is 3. The van der Waals surface area contributed by atoms with Gasteiger partial charge in [0.1, 0.15) is 11.6 Å². The van der Waals surface area contributed by atoms with Crippen molar-refractivity contribution in [3.05, 3.63) is 41.1 Å². The fourth-order valence-corrected chi connectivity index (χ4v) is 1.75. The number of anilines is 1. The van der Waals surface area contributed by atoms with E-state index in [2.05, 4.69) is 25.6 Å². The van der Waals surface area contributed by atoms with Crippen LogP contribution in [0, 0.1) is 0 Å². The third kappa shape index (κ3) is 3.45. The first kappa shape index (κ1) is 13.4. The van der Waals surface area contributed by atoms with E-state index in [0.29, 0.717) is 28.8 Å². The number of rotatable bonds is 5. The molecule has 2 aromatic heterocycles. The second-order valence-electron chi connectivity index (χ2n) is 3.80. The van der Waals surface area contributed by atoms with Crippen LogP contribution in [0.4, 0.5) is 5.82 Å². The molecule has 6 nitrogen and oxygen atoms in total. The summed E-state index contributed by atoms with van der Waals surface area (Å²) in [6.45, 7) is 3.00. The van der Waals surface area contributed by atoms with Gasteiger partial charge < -0.3 is 15.6 Å². The van der Waals surface area contributed by atoms with Crippen molar-refractivity contribution < 1.29 is 4.79 Å². The Hall–Kier alpha value is -2.08. The minimum Gasteiger partial charge on any atom is -0.369 e. The Morgan fingerprint density at radius 2 is 2.32 bits per heavy atom. The molecule has 0 saturated carbocycles. The van der Waals surface area contributed by atoms with E-state index in [-0.39, 0.29) is 5.91 Å². The number of amides is 1. The fraction of sp³-hybridized carbons (Fsp3) is 0.250. The van der Waals surface area contributed by atoms with Crippen molar-refractivity contribution in [2.45, 2.75) is 13.5 Å². The molecule has 0 atom stereocenters. The highest BCUT2D eigenvalue weighted by Crippen LogP contribution is 2.19. The zero-order valence-electron chi connectivity index (χ0n) is 10.4. The Morgan fingerprint density at radius 1 is 1.47 bits per heavy atom. The smallest absolute Gasteiger partial charge is 0.253 e. The molecule has 0 radical (unpaired) electrons. The third-order valence-electron chi connectivity index (χ3n) is 2.42. The fourth-order valence-electron chi connectivity index (χ4n) is 1.52. The second-order valence-corrected chi connectivity index (χ2v) is 4.21. The van der Waals surface area contributed by atoms with Gasteiger partial charge in [-0.2, -0.15) is 0 Å². The molecular weight excluding hydrogens is 266 g/mol. The van der Waals surface area contributed by atoms with Crippen LogP contribution in [0.1, 0.15) is 23.1 Å². The van der Waals surface area contributed by atoms with Gasteiger partial charge in [-0.1, -0.05) is 11.6 Å². The molecule has 0 aliphatic carbocycles. The molecule has 0 saturated heterocycles. The maximum Gasteiger partial charge on any atom is 0.253 e. The molecule has 0 spiro atoms. The lowest BCUT2D eigenvalue weighted by molar-refractivity contribution is 0.0949. The van der Waals surface area contributed by atoms with E-state index in [0.717, 1.165) is 6.54 Å². The average molecular weight is 280 g/mol. The summed E-state index contributed by atoms with van der Waals surface area (Å²) < 4.78 is 0. The second kappa shape index (κ2) is 6.19. The molecule has 0 bridgehead atoms. The number of pyridine rings is 1. The van der Waals surface area contributed by atoms with Crippen molar-refractivity contribution in [1.82, 2.24) is 20.3 Å². The summed E-state index contributed by atoms with van der Waals surface area (Å²) >= 11 is 6.03. The summed E-state index contributed by atoms with van der Waals surface area (Å²) in [5.41, 5.74) is 0.415. The Kier molecular flexibility index (Phi) is 4.35. The number of nitrogens with zero attached hydrogens (tertiary/aromatic N) is 2. The number of carbonyl (C=O) groups excluding carboxylic acids is 1. The number of hydrogen-bond acceptors (Lipinski definition) is 4. The lowest BCUT2D eigenvalue weighted by Crippen LogP contribution is -2.23. The van der Waals surface area contributed by atoms with Gasteiger partial charge in [0, 0.05) is 25.1 Å². The van der Waals surface area contributed by atoms with Gasteiger partial charge in [-0.3, -0.25) is 4.79 Å². The molecule has 100 valence electrons. The van der Waals surface area contributed by atoms with E-state index in [4.69, 9.17) is 11.6 Å². The molecule has 19 heavy (non-hydrogen) atoms. The molecule has 0 aliphatic heterocycles. The monoisotopic (exact) mass is 279 g/mol. The van der Waals surface area contributed by atoms with Crippen molar-refractivity contribution >= 4 is 23.3 Å². The first-order chi connectivity index (χ1) is 9.20. The number of nitrogens with one attached hydrogen (secondary N) is 3. The Balaban J connectivity index is 2.01. The molecule has 2 heterocycles. The standard InChI is InChI=1S/C12H14ClN5O/c1-2-14-11-9(13)5-8(6-17-11)12(19)18-7-10-15-3-4-16-10/h3-6H,2,7H2,1H3,(H,14,17)(H,15,16)(H,18,19). The van der Waals surface area contributed by atoms with E-state index in [9.17, 15) is 4.79 Å². The first-order valence-electron chi connectivity index (χ1n) is 5.86. The van der Waals surface area contributed by atoms with Crippen LogP contribution in [-0.2, 0) is 6.54 Å².